The molecule has 0 N–H and O–H groups in total. The van der Waals surface area contributed by atoms with Crippen molar-refractivity contribution in [1.29, 1.82) is 0 Å². The van der Waals surface area contributed by atoms with Crippen LogP contribution in [-0.4, -0.2) is 65.3 Å². The van der Waals surface area contributed by atoms with Crippen molar-refractivity contribution in [3.63, 3.8) is 0 Å². The van der Waals surface area contributed by atoms with Gasteiger partial charge in [0.1, 0.15) is 12.1 Å². The quantitative estimate of drug-likeness (QED) is 0.783. The van der Waals surface area contributed by atoms with Crippen molar-refractivity contribution in [2.24, 2.45) is 0 Å². The molecule has 8 heteroatoms. The normalized spacial score (nSPS) is 24.3. The molecule has 1 aromatic rings. The Hall–Kier alpha value is -1.25. The largest absolute Gasteiger partial charge is 0.350 e. The maximum atomic E-state index is 13.0. The summed E-state index contributed by atoms with van der Waals surface area (Å²) in [6, 6.07) is 2.90. The van der Waals surface area contributed by atoms with Crippen molar-refractivity contribution in [1.82, 2.24) is 18.6 Å². The molecule has 0 unspecified atom stereocenters. The van der Waals surface area contributed by atoms with E-state index in [1.54, 1.807) is 21.1 Å². The second-order valence-electron chi connectivity index (χ2n) is 7.66. The summed E-state index contributed by atoms with van der Waals surface area (Å²) in [5, 5.41) is 0. The molecule has 1 aliphatic carbocycles. The first-order valence-corrected chi connectivity index (χ1v) is 11.4. The molecule has 0 atom stereocenters. The average Bonchev–Trinajstić information content (AvgIpc) is 3.50. The van der Waals surface area contributed by atoms with E-state index in [2.05, 4.69) is 14.9 Å². The molecule has 0 spiro atoms. The molecule has 0 aromatic carbocycles. The van der Waals surface area contributed by atoms with Crippen LogP contribution in [0.1, 0.15) is 51.4 Å². The summed E-state index contributed by atoms with van der Waals surface area (Å²) in [6.07, 6.45) is 11.8. The maximum absolute atomic E-state index is 13.0. The van der Waals surface area contributed by atoms with Crippen LogP contribution < -0.4 is 4.90 Å². The van der Waals surface area contributed by atoms with E-state index in [9.17, 15) is 8.42 Å². The van der Waals surface area contributed by atoms with E-state index in [1.807, 2.05) is 6.07 Å². The van der Waals surface area contributed by atoms with E-state index in [-0.39, 0.29) is 0 Å². The topological polar surface area (TPSA) is 69.6 Å². The Labute approximate surface area is 156 Å². The molecule has 4 rings (SSSR count). The van der Waals surface area contributed by atoms with E-state index < -0.39 is 10.2 Å². The van der Waals surface area contributed by atoms with Gasteiger partial charge in [0.05, 0.1) is 0 Å². The van der Waals surface area contributed by atoms with Gasteiger partial charge in [-0.25, -0.2) is 9.97 Å². The second kappa shape index (κ2) is 7.78. The zero-order valence-electron chi connectivity index (χ0n) is 15.3. The van der Waals surface area contributed by atoms with E-state index in [4.69, 9.17) is 0 Å². The van der Waals surface area contributed by atoms with Gasteiger partial charge in [0.2, 0.25) is 0 Å². The number of piperidine rings is 1. The van der Waals surface area contributed by atoms with Gasteiger partial charge in [-0.05, 0) is 44.6 Å². The van der Waals surface area contributed by atoms with Crippen molar-refractivity contribution in [3.05, 3.63) is 18.6 Å². The van der Waals surface area contributed by atoms with E-state index in [0.717, 1.165) is 44.3 Å². The lowest BCUT2D eigenvalue weighted by atomic mass is 10.0. The number of nitrogens with zero attached hydrogens (tertiary/aromatic N) is 5. The van der Waals surface area contributed by atoms with Gasteiger partial charge in [-0.3, -0.25) is 0 Å². The van der Waals surface area contributed by atoms with Crippen LogP contribution in [0.5, 0.6) is 0 Å². The summed E-state index contributed by atoms with van der Waals surface area (Å²) < 4.78 is 29.4. The first kappa shape index (κ1) is 18.1. The molecule has 2 aliphatic heterocycles. The molecule has 26 heavy (non-hydrogen) atoms. The molecular weight excluding hydrogens is 350 g/mol. The van der Waals surface area contributed by atoms with Gasteiger partial charge < -0.3 is 4.90 Å². The lowest BCUT2D eigenvalue weighted by Gasteiger charge is -2.40. The number of rotatable bonds is 5. The van der Waals surface area contributed by atoms with Crippen LogP contribution >= 0.6 is 0 Å². The summed E-state index contributed by atoms with van der Waals surface area (Å²) in [6.45, 7) is 2.57. The maximum Gasteiger partial charge on any atom is 0.281 e. The van der Waals surface area contributed by atoms with Gasteiger partial charge in [0.15, 0.2) is 0 Å². The Kier molecular flexibility index (Phi) is 5.42. The smallest absolute Gasteiger partial charge is 0.281 e. The van der Waals surface area contributed by atoms with Crippen LogP contribution in [0.3, 0.4) is 0 Å². The molecule has 0 radical (unpaired) electrons. The fourth-order valence-electron chi connectivity index (χ4n) is 4.25. The third-order valence-corrected chi connectivity index (χ3v) is 7.84. The highest BCUT2D eigenvalue weighted by atomic mass is 32.2. The summed E-state index contributed by atoms with van der Waals surface area (Å²) in [5.74, 6) is 0.983. The highest BCUT2D eigenvalue weighted by molar-refractivity contribution is 7.86. The van der Waals surface area contributed by atoms with Gasteiger partial charge in [-0.2, -0.15) is 17.0 Å². The minimum absolute atomic E-state index is 0.369. The van der Waals surface area contributed by atoms with Crippen molar-refractivity contribution in [2.75, 3.05) is 31.1 Å². The zero-order chi connectivity index (χ0) is 18.0. The van der Waals surface area contributed by atoms with E-state index in [0.29, 0.717) is 38.3 Å². The number of hydrogen-bond donors (Lipinski definition) is 0. The predicted molar refractivity (Wildman–Crippen MR) is 101 cm³/mol. The van der Waals surface area contributed by atoms with Gasteiger partial charge in [-0.15, -0.1) is 0 Å². The first-order chi connectivity index (χ1) is 12.7. The highest BCUT2D eigenvalue weighted by Gasteiger charge is 2.39. The molecule has 0 amide bonds. The molecule has 3 heterocycles. The standard InChI is InChI=1S/C18H29N5O2S/c24-26(25,21-11-3-1-2-4-12-21)22-13-8-17(9-14-22)23(16-5-6-16)18-7-10-19-15-20-18/h7,10,15-17H,1-6,8-9,11-14H2. The van der Waals surface area contributed by atoms with Crippen LogP contribution in [0.15, 0.2) is 18.6 Å². The third-order valence-electron chi connectivity index (χ3n) is 5.81. The molecule has 1 saturated carbocycles. The lowest BCUT2D eigenvalue weighted by Crippen LogP contribution is -2.51. The Balaban J connectivity index is 1.41. The lowest BCUT2D eigenvalue weighted by molar-refractivity contribution is 0.280. The minimum atomic E-state index is -3.30. The molecule has 1 aromatic heterocycles. The van der Waals surface area contributed by atoms with Crippen LogP contribution in [0.2, 0.25) is 0 Å². The van der Waals surface area contributed by atoms with Crippen LogP contribution in [0, 0.1) is 0 Å². The van der Waals surface area contributed by atoms with Crippen LogP contribution in [0.4, 0.5) is 5.82 Å². The van der Waals surface area contributed by atoms with Gasteiger partial charge >= 0.3 is 0 Å². The molecule has 2 saturated heterocycles. The highest BCUT2D eigenvalue weighted by Crippen LogP contribution is 2.35. The van der Waals surface area contributed by atoms with Gasteiger partial charge in [0, 0.05) is 44.5 Å². The molecule has 7 nitrogen and oxygen atoms in total. The van der Waals surface area contributed by atoms with Crippen LogP contribution in [0.25, 0.3) is 0 Å². The Morgan fingerprint density at radius 1 is 0.885 bits per heavy atom. The van der Waals surface area contributed by atoms with Crippen molar-refractivity contribution >= 4 is 16.0 Å². The molecule has 3 aliphatic rings. The summed E-state index contributed by atoms with van der Waals surface area (Å²) in [4.78, 5) is 10.9. The van der Waals surface area contributed by atoms with Gasteiger partial charge in [0.25, 0.3) is 10.2 Å². The summed E-state index contributed by atoms with van der Waals surface area (Å²) in [5.41, 5.74) is 0. The fourth-order valence-corrected chi connectivity index (χ4v) is 5.97. The van der Waals surface area contributed by atoms with E-state index >= 15 is 0 Å². The Bertz CT molecular complexity index is 679. The molecule has 3 fully saturated rings. The van der Waals surface area contributed by atoms with Crippen LogP contribution in [-0.2, 0) is 10.2 Å². The number of anilines is 1. The SMILES string of the molecule is O=S(=O)(N1CCCCCC1)N1CCC(N(c2ccncn2)C2CC2)CC1. The van der Waals surface area contributed by atoms with Crippen molar-refractivity contribution in [3.8, 4) is 0 Å². The van der Waals surface area contributed by atoms with Crippen molar-refractivity contribution < 1.29 is 8.42 Å². The van der Waals surface area contributed by atoms with E-state index in [1.165, 1.54) is 12.8 Å². The summed E-state index contributed by atoms with van der Waals surface area (Å²) >= 11 is 0. The third kappa shape index (κ3) is 3.87. The molecular formula is C18H29N5O2S. The van der Waals surface area contributed by atoms with Gasteiger partial charge in [-0.1, -0.05) is 12.8 Å². The Morgan fingerprint density at radius 2 is 1.50 bits per heavy atom. The monoisotopic (exact) mass is 379 g/mol. The first-order valence-electron chi connectivity index (χ1n) is 9.96. The summed E-state index contributed by atoms with van der Waals surface area (Å²) in [7, 11) is -3.30. The van der Waals surface area contributed by atoms with Crippen molar-refractivity contribution in [2.45, 2.75) is 63.5 Å². The zero-order valence-corrected chi connectivity index (χ0v) is 16.1. The minimum Gasteiger partial charge on any atom is -0.350 e. The number of hydrogen-bond acceptors (Lipinski definition) is 5. The fraction of sp³-hybridized carbons (Fsp3) is 0.778. The molecule has 0 bridgehead atoms. The predicted octanol–water partition coefficient (Wildman–Crippen LogP) is 2.03. The Morgan fingerprint density at radius 3 is 2.08 bits per heavy atom. The average molecular weight is 380 g/mol. The second-order valence-corrected chi connectivity index (χ2v) is 9.59. The molecule has 144 valence electrons. The number of aromatic nitrogens is 2.